The first-order chi connectivity index (χ1) is 10.7. The monoisotopic (exact) mass is 362 g/mol. The van der Waals surface area contributed by atoms with Crippen LogP contribution >= 0.6 is 24.2 Å². The second-order valence-corrected chi connectivity index (χ2v) is 6.52. The molecule has 23 heavy (non-hydrogen) atoms. The quantitative estimate of drug-likeness (QED) is 0.731. The van der Waals surface area contributed by atoms with Crippen LogP contribution in [0, 0.1) is 11.7 Å². The van der Waals surface area contributed by atoms with Crippen LogP contribution < -0.4 is 11.1 Å². The number of thioether (sulfide) groups is 1. The number of hydrogen-bond acceptors (Lipinski definition) is 4. The van der Waals surface area contributed by atoms with Gasteiger partial charge in [0, 0.05) is 31.3 Å². The van der Waals surface area contributed by atoms with Crippen LogP contribution in [-0.4, -0.2) is 37.5 Å². The molecule has 2 rings (SSSR count). The zero-order chi connectivity index (χ0) is 15.8. The number of hydrogen-bond donors (Lipinski definition) is 2. The van der Waals surface area contributed by atoms with Crippen molar-refractivity contribution in [2.75, 3.05) is 25.5 Å². The molecule has 4 nitrogen and oxygen atoms in total. The lowest BCUT2D eigenvalue weighted by molar-refractivity contribution is -0.124. The summed E-state index contributed by atoms with van der Waals surface area (Å²) in [4.78, 5) is 12.0. The number of nitrogens with two attached hydrogens (primary N) is 1. The van der Waals surface area contributed by atoms with Gasteiger partial charge >= 0.3 is 0 Å². The van der Waals surface area contributed by atoms with E-state index in [9.17, 15) is 9.18 Å². The first-order valence-electron chi connectivity index (χ1n) is 7.60. The number of carbonyl (C=O) groups is 1. The van der Waals surface area contributed by atoms with Crippen LogP contribution in [0.1, 0.15) is 18.4 Å². The standard InChI is InChI=1S/C16H23FN2O2S.ClH/c17-14-4-2-1-3-13(14)11-22-10-7-19-16(20)15(18)12-5-8-21-9-6-12;/h1-4,12,15H,5-11,18H2,(H,19,20);1H. The van der Waals surface area contributed by atoms with Crippen LogP contribution in [0.3, 0.4) is 0 Å². The number of ether oxygens (including phenoxy) is 1. The molecule has 7 heteroatoms. The predicted molar refractivity (Wildman–Crippen MR) is 94.3 cm³/mol. The molecule has 3 N–H and O–H groups in total. The molecule has 0 saturated carbocycles. The third kappa shape index (κ3) is 6.67. The van der Waals surface area contributed by atoms with Gasteiger partial charge < -0.3 is 15.8 Å². The summed E-state index contributed by atoms with van der Waals surface area (Å²) >= 11 is 1.59. The number of amides is 1. The number of benzene rings is 1. The van der Waals surface area contributed by atoms with Crippen LogP contribution in [0.2, 0.25) is 0 Å². The Morgan fingerprint density at radius 1 is 1.39 bits per heavy atom. The molecule has 1 unspecified atom stereocenters. The van der Waals surface area contributed by atoms with Crippen molar-refractivity contribution < 1.29 is 13.9 Å². The van der Waals surface area contributed by atoms with Crippen molar-refractivity contribution in [1.82, 2.24) is 5.32 Å². The van der Waals surface area contributed by atoms with Gasteiger partial charge in [0.05, 0.1) is 6.04 Å². The minimum Gasteiger partial charge on any atom is -0.381 e. The van der Waals surface area contributed by atoms with Gasteiger partial charge in [-0.1, -0.05) is 18.2 Å². The third-order valence-electron chi connectivity index (χ3n) is 3.84. The fourth-order valence-corrected chi connectivity index (χ4v) is 3.30. The summed E-state index contributed by atoms with van der Waals surface area (Å²) in [7, 11) is 0. The number of nitrogens with one attached hydrogen (secondary N) is 1. The van der Waals surface area contributed by atoms with Gasteiger partial charge in [-0.2, -0.15) is 11.8 Å². The molecule has 0 radical (unpaired) electrons. The lowest BCUT2D eigenvalue weighted by atomic mass is 9.92. The first-order valence-corrected chi connectivity index (χ1v) is 8.76. The van der Waals surface area contributed by atoms with E-state index < -0.39 is 6.04 Å². The Morgan fingerprint density at radius 2 is 2.09 bits per heavy atom. The lowest BCUT2D eigenvalue weighted by Crippen LogP contribution is -2.47. The maximum absolute atomic E-state index is 13.4. The van der Waals surface area contributed by atoms with Crippen LogP contribution in [0.25, 0.3) is 0 Å². The van der Waals surface area contributed by atoms with Crippen molar-refractivity contribution in [3.63, 3.8) is 0 Å². The van der Waals surface area contributed by atoms with Crippen molar-refractivity contribution in [3.05, 3.63) is 35.6 Å². The van der Waals surface area contributed by atoms with Crippen LogP contribution in [0.15, 0.2) is 24.3 Å². The van der Waals surface area contributed by atoms with Gasteiger partial charge in [0.25, 0.3) is 0 Å². The van der Waals surface area contributed by atoms with Gasteiger partial charge in [0.1, 0.15) is 5.82 Å². The molecule has 0 bridgehead atoms. The lowest BCUT2D eigenvalue weighted by Gasteiger charge is -2.26. The normalized spacial score (nSPS) is 16.4. The minimum atomic E-state index is -0.458. The predicted octanol–water partition coefficient (Wildman–Crippen LogP) is 2.35. The van der Waals surface area contributed by atoms with E-state index in [1.54, 1.807) is 23.9 Å². The van der Waals surface area contributed by atoms with Gasteiger partial charge in [-0.25, -0.2) is 4.39 Å². The van der Waals surface area contributed by atoms with Crippen LogP contribution in [0.5, 0.6) is 0 Å². The molecule has 1 aromatic rings. The molecule has 1 saturated heterocycles. The summed E-state index contributed by atoms with van der Waals surface area (Å²) in [6.07, 6.45) is 1.69. The second-order valence-electron chi connectivity index (χ2n) is 5.41. The zero-order valence-corrected chi connectivity index (χ0v) is 14.6. The molecule has 0 spiro atoms. The molecule has 1 heterocycles. The fourth-order valence-electron chi connectivity index (χ4n) is 2.45. The highest BCUT2D eigenvalue weighted by Crippen LogP contribution is 2.18. The Balaban J connectivity index is 0.00000264. The van der Waals surface area contributed by atoms with Gasteiger partial charge in [-0.05, 0) is 30.4 Å². The molecule has 1 fully saturated rings. The Hall–Kier alpha value is -0.820. The highest BCUT2D eigenvalue weighted by molar-refractivity contribution is 7.98. The largest absolute Gasteiger partial charge is 0.381 e. The smallest absolute Gasteiger partial charge is 0.237 e. The summed E-state index contributed by atoms with van der Waals surface area (Å²) in [5.74, 6) is 1.27. The molecule has 1 aliphatic heterocycles. The van der Waals surface area contributed by atoms with Crippen molar-refractivity contribution in [2.24, 2.45) is 11.7 Å². The average molecular weight is 363 g/mol. The van der Waals surface area contributed by atoms with Crippen molar-refractivity contribution >= 4 is 30.1 Å². The molecule has 0 aromatic heterocycles. The molecule has 1 amide bonds. The number of halogens is 2. The molecular weight excluding hydrogens is 339 g/mol. The summed E-state index contributed by atoms with van der Waals surface area (Å²) in [6.45, 7) is 1.92. The Kier molecular flexibility index (Phi) is 9.55. The van der Waals surface area contributed by atoms with Crippen molar-refractivity contribution in [1.29, 1.82) is 0 Å². The van der Waals surface area contributed by atoms with E-state index >= 15 is 0 Å². The van der Waals surface area contributed by atoms with E-state index in [0.29, 0.717) is 31.1 Å². The van der Waals surface area contributed by atoms with Crippen LogP contribution in [0.4, 0.5) is 4.39 Å². The Bertz CT molecular complexity index is 487. The first kappa shape index (κ1) is 20.2. The molecule has 1 aliphatic rings. The van der Waals surface area contributed by atoms with Crippen LogP contribution in [-0.2, 0) is 15.3 Å². The van der Waals surface area contributed by atoms with E-state index in [-0.39, 0.29) is 30.0 Å². The van der Waals surface area contributed by atoms with Gasteiger partial charge in [0.15, 0.2) is 0 Å². The molecular formula is C16H24ClFN2O2S. The molecule has 130 valence electrons. The van der Waals surface area contributed by atoms with Crippen molar-refractivity contribution in [3.8, 4) is 0 Å². The SMILES string of the molecule is Cl.NC(C(=O)NCCSCc1ccccc1F)C1CCOCC1. The van der Waals surface area contributed by atoms with E-state index in [2.05, 4.69) is 5.32 Å². The number of rotatable bonds is 7. The topological polar surface area (TPSA) is 64.4 Å². The van der Waals surface area contributed by atoms with E-state index in [1.807, 2.05) is 6.07 Å². The summed E-state index contributed by atoms with van der Waals surface area (Å²) in [5, 5.41) is 2.86. The maximum Gasteiger partial charge on any atom is 0.237 e. The Morgan fingerprint density at radius 3 is 2.78 bits per heavy atom. The molecule has 1 atom stereocenters. The Labute approximate surface area is 147 Å². The van der Waals surface area contributed by atoms with E-state index in [0.717, 1.165) is 18.6 Å². The summed E-state index contributed by atoms with van der Waals surface area (Å²) in [5.41, 5.74) is 6.69. The van der Waals surface area contributed by atoms with Crippen molar-refractivity contribution in [2.45, 2.75) is 24.6 Å². The summed E-state index contributed by atoms with van der Waals surface area (Å²) in [6, 6.07) is 6.29. The zero-order valence-electron chi connectivity index (χ0n) is 13.0. The maximum atomic E-state index is 13.4. The van der Waals surface area contributed by atoms with E-state index in [4.69, 9.17) is 10.5 Å². The fraction of sp³-hybridized carbons (Fsp3) is 0.562. The second kappa shape index (κ2) is 10.9. The minimum absolute atomic E-state index is 0. The molecule has 1 aromatic carbocycles. The summed E-state index contributed by atoms with van der Waals surface area (Å²) < 4.78 is 18.7. The average Bonchev–Trinajstić information content (AvgIpc) is 2.56. The highest BCUT2D eigenvalue weighted by Gasteiger charge is 2.26. The van der Waals surface area contributed by atoms with E-state index in [1.165, 1.54) is 6.07 Å². The molecule has 0 aliphatic carbocycles. The third-order valence-corrected chi connectivity index (χ3v) is 4.85. The van der Waals surface area contributed by atoms with Gasteiger partial charge in [-0.3, -0.25) is 4.79 Å². The van der Waals surface area contributed by atoms with Gasteiger partial charge in [-0.15, -0.1) is 12.4 Å². The number of carbonyl (C=O) groups excluding carboxylic acids is 1. The highest BCUT2D eigenvalue weighted by atomic mass is 35.5. The van der Waals surface area contributed by atoms with Gasteiger partial charge in [0.2, 0.25) is 5.91 Å².